The average molecular weight is 395 g/mol. The van der Waals surface area contributed by atoms with Gasteiger partial charge in [-0.3, -0.25) is 9.59 Å². The second-order valence-electron chi connectivity index (χ2n) is 7.08. The number of carbonyl (C=O) groups is 2. The molecule has 1 aliphatic rings. The lowest BCUT2D eigenvalue weighted by molar-refractivity contribution is -0.140. The summed E-state index contributed by atoms with van der Waals surface area (Å²) in [7, 11) is 3.11. The molecule has 0 spiro atoms. The van der Waals surface area contributed by atoms with E-state index in [0.29, 0.717) is 11.3 Å². The van der Waals surface area contributed by atoms with E-state index in [1.807, 2.05) is 38.1 Å². The Morgan fingerprint density at radius 1 is 1.07 bits per heavy atom. The Balaban J connectivity index is 2.15. The molecule has 0 aliphatic carbocycles. The lowest BCUT2D eigenvalue weighted by atomic mass is 9.94. The van der Waals surface area contributed by atoms with Gasteiger partial charge in [-0.25, -0.2) is 0 Å². The highest BCUT2D eigenvalue weighted by molar-refractivity contribution is 6.46. The zero-order chi connectivity index (χ0) is 21.1. The molecule has 1 heterocycles. The molecule has 6 heteroatoms. The molecule has 152 valence electrons. The number of ketones is 1. The predicted molar refractivity (Wildman–Crippen MR) is 110 cm³/mol. The zero-order valence-corrected chi connectivity index (χ0v) is 17.1. The number of rotatable bonds is 6. The summed E-state index contributed by atoms with van der Waals surface area (Å²) in [6.45, 7) is 4.35. The third-order valence-corrected chi connectivity index (χ3v) is 5.14. The molecule has 0 aromatic heterocycles. The van der Waals surface area contributed by atoms with Gasteiger partial charge in [-0.05, 0) is 43.2 Å². The molecule has 1 amide bonds. The van der Waals surface area contributed by atoms with E-state index in [1.54, 1.807) is 25.3 Å². The van der Waals surface area contributed by atoms with E-state index >= 15 is 0 Å². The van der Waals surface area contributed by atoms with Gasteiger partial charge in [0.05, 0.1) is 25.3 Å². The molecular formula is C23H25NO5. The van der Waals surface area contributed by atoms with Crippen LogP contribution in [0.1, 0.15) is 28.3 Å². The van der Waals surface area contributed by atoms with E-state index in [2.05, 4.69) is 0 Å². The quantitative estimate of drug-likeness (QED) is 0.461. The number of hydrogen-bond acceptors (Lipinski definition) is 5. The highest BCUT2D eigenvalue weighted by Gasteiger charge is 2.45. The lowest BCUT2D eigenvalue weighted by Crippen LogP contribution is -2.32. The average Bonchev–Trinajstić information content (AvgIpc) is 2.96. The minimum absolute atomic E-state index is 0.0829. The van der Waals surface area contributed by atoms with Crippen molar-refractivity contribution in [3.8, 4) is 5.75 Å². The first kappa shape index (κ1) is 20.6. The van der Waals surface area contributed by atoms with Gasteiger partial charge in [0.25, 0.3) is 11.7 Å². The van der Waals surface area contributed by atoms with Crippen molar-refractivity contribution >= 4 is 17.4 Å². The van der Waals surface area contributed by atoms with Crippen molar-refractivity contribution in [3.05, 3.63) is 70.3 Å². The monoisotopic (exact) mass is 395 g/mol. The molecule has 1 saturated heterocycles. The molecule has 3 rings (SSSR count). The number of likely N-dealkylation sites (tertiary alicyclic amines) is 1. The molecule has 29 heavy (non-hydrogen) atoms. The van der Waals surface area contributed by atoms with Crippen molar-refractivity contribution < 1.29 is 24.2 Å². The van der Waals surface area contributed by atoms with Crippen molar-refractivity contribution in [1.82, 2.24) is 4.90 Å². The number of nitrogens with zero attached hydrogens (tertiary/aromatic N) is 1. The number of methoxy groups -OCH3 is 2. The fourth-order valence-electron chi connectivity index (χ4n) is 3.58. The van der Waals surface area contributed by atoms with Crippen LogP contribution in [0.15, 0.2) is 48.0 Å². The van der Waals surface area contributed by atoms with Crippen LogP contribution in [0.25, 0.3) is 5.76 Å². The van der Waals surface area contributed by atoms with Crippen molar-refractivity contribution in [2.45, 2.75) is 19.9 Å². The molecule has 1 fully saturated rings. The van der Waals surface area contributed by atoms with E-state index in [4.69, 9.17) is 9.47 Å². The summed E-state index contributed by atoms with van der Waals surface area (Å²) in [5, 5.41) is 11.0. The fraction of sp³-hybridized carbons (Fsp3) is 0.304. The van der Waals surface area contributed by atoms with Crippen LogP contribution in [0.3, 0.4) is 0 Å². The van der Waals surface area contributed by atoms with Crippen LogP contribution < -0.4 is 4.74 Å². The third-order valence-electron chi connectivity index (χ3n) is 5.14. The molecule has 0 saturated carbocycles. The van der Waals surface area contributed by atoms with Crippen LogP contribution in [0.4, 0.5) is 0 Å². The Morgan fingerprint density at radius 2 is 1.76 bits per heavy atom. The Kier molecular flexibility index (Phi) is 6.03. The molecule has 6 nitrogen and oxygen atoms in total. The first-order valence-corrected chi connectivity index (χ1v) is 9.38. The van der Waals surface area contributed by atoms with E-state index in [9.17, 15) is 14.7 Å². The maximum atomic E-state index is 12.9. The van der Waals surface area contributed by atoms with E-state index in [-0.39, 0.29) is 24.5 Å². The molecule has 2 aromatic carbocycles. The van der Waals surface area contributed by atoms with Crippen LogP contribution in [0.5, 0.6) is 5.75 Å². The zero-order valence-electron chi connectivity index (χ0n) is 17.1. The maximum Gasteiger partial charge on any atom is 0.295 e. The summed E-state index contributed by atoms with van der Waals surface area (Å²) in [5.74, 6) is -0.853. The van der Waals surface area contributed by atoms with Crippen LogP contribution in [0, 0.1) is 13.8 Å². The number of aliphatic hydroxyl groups is 1. The van der Waals surface area contributed by atoms with Gasteiger partial charge in [0.1, 0.15) is 11.5 Å². The number of carbonyl (C=O) groups excluding carboxylic acids is 2. The molecule has 1 N–H and O–H groups in total. The van der Waals surface area contributed by atoms with Crippen molar-refractivity contribution in [1.29, 1.82) is 0 Å². The van der Waals surface area contributed by atoms with Crippen LogP contribution in [-0.4, -0.2) is 49.1 Å². The minimum Gasteiger partial charge on any atom is -0.507 e. The van der Waals surface area contributed by atoms with Gasteiger partial charge in [0.2, 0.25) is 0 Å². The van der Waals surface area contributed by atoms with Gasteiger partial charge in [0, 0.05) is 19.2 Å². The Bertz CT molecular complexity index is 962. The van der Waals surface area contributed by atoms with Gasteiger partial charge in [0.15, 0.2) is 0 Å². The Labute approximate surface area is 170 Å². The second-order valence-corrected chi connectivity index (χ2v) is 7.08. The molecule has 0 unspecified atom stereocenters. The number of amides is 1. The number of ether oxygens (including phenoxy) is 2. The molecule has 1 aliphatic heterocycles. The van der Waals surface area contributed by atoms with Crippen LogP contribution in [0.2, 0.25) is 0 Å². The standard InChI is InChI=1S/C23H25NO5/c1-14-5-7-16(8-6-14)20-19(22(26)23(27)24(20)11-12-28-3)21(25)17-9-10-18(29-4)15(2)13-17/h5-10,13,20,25H,11-12H2,1-4H3/b21-19+/t20-/m0/s1. The van der Waals surface area contributed by atoms with E-state index in [0.717, 1.165) is 16.7 Å². The summed E-state index contributed by atoms with van der Waals surface area (Å²) >= 11 is 0. The minimum atomic E-state index is -0.697. The molecule has 0 bridgehead atoms. The molecular weight excluding hydrogens is 370 g/mol. The maximum absolute atomic E-state index is 12.9. The smallest absolute Gasteiger partial charge is 0.295 e. The number of Topliss-reactive ketones (excluding diaryl/α,β-unsaturated/α-hetero) is 1. The van der Waals surface area contributed by atoms with Gasteiger partial charge in [-0.2, -0.15) is 0 Å². The Hall–Kier alpha value is -3.12. The summed E-state index contributed by atoms with van der Waals surface area (Å²) in [6, 6.07) is 12.1. The first-order chi connectivity index (χ1) is 13.9. The summed E-state index contributed by atoms with van der Waals surface area (Å²) in [4.78, 5) is 27.1. The first-order valence-electron chi connectivity index (χ1n) is 9.38. The Morgan fingerprint density at radius 3 is 2.34 bits per heavy atom. The third kappa shape index (κ3) is 3.89. The normalized spacial score (nSPS) is 18.3. The van der Waals surface area contributed by atoms with Gasteiger partial charge < -0.3 is 19.5 Å². The molecule has 2 aromatic rings. The van der Waals surface area contributed by atoms with Gasteiger partial charge in [-0.15, -0.1) is 0 Å². The van der Waals surface area contributed by atoms with Gasteiger partial charge in [-0.1, -0.05) is 29.8 Å². The van der Waals surface area contributed by atoms with Crippen LogP contribution >= 0.6 is 0 Å². The van der Waals surface area contributed by atoms with E-state index in [1.165, 1.54) is 12.0 Å². The fourth-order valence-corrected chi connectivity index (χ4v) is 3.58. The SMILES string of the molecule is COCCN1C(=O)C(=O)/C(=C(/O)c2ccc(OC)c(C)c2)[C@@H]1c1ccc(C)cc1. The number of aryl methyl sites for hydroxylation is 2. The van der Waals surface area contributed by atoms with Crippen molar-refractivity contribution in [3.63, 3.8) is 0 Å². The number of hydrogen-bond donors (Lipinski definition) is 1. The highest BCUT2D eigenvalue weighted by atomic mass is 16.5. The van der Waals surface area contributed by atoms with Gasteiger partial charge >= 0.3 is 0 Å². The van der Waals surface area contributed by atoms with Crippen LogP contribution in [-0.2, 0) is 14.3 Å². The molecule has 1 atom stereocenters. The summed E-state index contributed by atoms with van der Waals surface area (Å²) in [5.41, 5.74) is 3.19. The van der Waals surface area contributed by atoms with Crippen molar-refractivity contribution in [2.24, 2.45) is 0 Å². The number of benzene rings is 2. The highest BCUT2D eigenvalue weighted by Crippen LogP contribution is 2.39. The second kappa shape index (κ2) is 8.49. The van der Waals surface area contributed by atoms with Crippen molar-refractivity contribution in [2.75, 3.05) is 27.4 Å². The largest absolute Gasteiger partial charge is 0.507 e. The summed E-state index contributed by atoms with van der Waals surface area (Å²) in [6.07, 6.45) is 0. The predicted octanol–water partition coefficient (Wildman–Crippen LogP) is 3.38. The summed E-state index contributed by atoms with van der Waals surface area (Å²) < 4.78 is 10.4. The van der Waals surface area contributed by atoms with E-state index < -0.39 is 17.7 Å². The number of aliphatic hydroxyl groups excluding tert-OH is 1. The lowest BCUT2D eigenvalue weighted by Gasteiger charge is -2.25. The topological polar surface area (TPSA) is 76.1 Å². The molecule has 0 radical (unpaired) electrons.